The van der Waals surface area contributed by atoms with Gasteiger partial charge in [-0.1, -0.05) is 16.9 Å². The molecule has 0 unspecified atom stereocenters. The molecule has 3 amide bonds. The maximum atomic E-state index is 13.0. The summed E-state index contributed by atoms with van der Waals surface area (Å²) >= 11 is 9.10. The standard InChI is InChI=1S/C18H18ClN9O6S3/c1-27-18(23-25-26-27)37-5-7-4-35-15-11(14(31)28(15)12(7)16(32)33)22-13(30)10(24-34-2)8-6-36-17(20-8)21-9(29)3-19/h6,11,15H,3-5H2,1-2H3,(H,22,30)(H,32,33)(H,20,21,29)/t11-,15+/m1/s1. The average molecular weight is 588 g/mol. The number of carbonyl (C=O) groups excluding carboxylic acids is 3. The molecule has 2 aliphatic rings. The number of carboxylic acids is 1. The highest BCUT2D eigenvalue weighted by atomic mass is 35.5. The summed E-state index contributed by atoms with van der Waals surface area (Å²) in [7, 11) is 2.90. The Labute approximate surface area is 226 Å². The van der Waals surface area contributed by atoms with Crippen LogP contribution in [0, 0.1) is 0 Å². The number of aliphatic carboxylic acids is 1. The first kappa shape index (κ1) is 26.8. The third kappa shape index (κ3) is 5.55. The Kier molecular flexibility index (Phi) is 8.30. The number of carbonyl (C=O) groups is 4. The van der Waals surface area contributed by atoms with Gasteiger partial charge in [-0.3, -0.25) is 19.3 Å². The van der Waals surface area contributed by atoms with Gasteiger partial charge >= 0.3 is 5.97 Å². The lowest BCUT2D eigenvalue weighted by Crippen LogP contribution is -2.71. The molecule has 0 saturated carbocycles. The smallest absolute Gasteiger partial charge is 0.352 e. The minimum atomic E-state index is -1.24. The Morgan fingerprint density at radius 2 is 2.19 bits per heavy atom. The molecule has 2 aromatic heterocycles. The predicted molar refractivity (Wildman–Crippen MR) is 134 cm³/mol. The number of anilines is 1. The van der Waals surface area contributed by atoms with Gasteiger partial charge < -0.3 is 20.6 Å². The summed E-state index contributed by atoms with van der Waals surface area (Å²) in [5.74, 6) is -2.71. The van der Waals surface area contributed by atoms with Crippen molar-refractivity contribution in [3.8, 4) is 0 Å². The zero-order valence-corrected chi connectivity index (χ0v) is 22.3. The number of nitrogens with zero attached hydrogens (tertiary/aromatic N) is 7. The van der Waals surface area contributed by atoms with E-state index in [0.29, 0.717) is 16.5 Å². The molecular formula is C18H18ClN9O6S3. The summed E-state index contributed by atoms with van der Waals surface area (Å²) in [6.45, 7) is 0. The van der Waals surface area contributed by atoms with Crippen LogP contribution in [-0.4, -0.2) is 101 Å². The lowest BCUT2D eigenvalue weighted by atomic mass is 10.0. The van der Waals surface area contributed by atoms with E-state index in [0.717, 1.165) is 11.3 Å². The second-order valence-corrected chi connectivity index (χ2v) is 10.5. The second-order valence-electron chi connectivity index (χ2n) is 7.33. The van der Waals surface area contributed by atoms with Gasteiger partial charge in [-0.25, -0.2) is 14.5 Å². The minimum Gasteiger partial charge on any atom is -0.477 e. The Hall–Kier alpha value is -3.22. The number of oxime groups is 1. The molecule has 37 heavy (non-hydrogen) atoms. The molecule has 4 rings (SSSR count). The highest BCUT2D eigenvalue weighted by Crippen LogP contribution is 2.41. The number of nitrogens with one attached hydrogen (secondary N) is 2. The van der Waals surface area contributed by atoms with Crippen molar-refractivity contribution in [2.24, 2.45) is 12.2 Å². The number of halogens is 1. The molecule has 2 aliphatic heterocycles. The molecule has 0 spiro atoms. The quantitative estimate of drug-likeness (QED) is 0.108. The summed E-state index contributed by atoms with van der Waals surface area (Å²) < 4.78 is 1.46. The van der Waals surface area contributed by atoms with Crippen LogP contribution < -0.4 is 10.6 Å². The largest absolute Gasteiger partial charge is 0.477 e. The Balaban J connectivity index is 1.47. The Bertz CT molecular complexity index is 1310. The van der Waals surface area contributed by atoms with E-state index in [4.69, 9.17) is 16.4 Å². The van der Waals surface area contributed by atoms with Crippen LogP contribution in [0.4, 0.5) is 5.13 Å². The number of thiazole rings is 1. The highest BCUT2D eigenvalue weighted by molar-refractivity contribution is 8.01. The van der Waals surface area contributed by atoms with Crippen LogP contribution in [0.3, 0.4) is 0 Å². The van der Waals surface area contributed by atoms with Crippen LogP contribution in [-0.2, 0) is 31.1 Å². The van der Waals surface area contributed by atoms with E-state index in [-0.39, 0.29) is 33.9 Å². The number of tetrazole rings is 1. The fourth-order valence-corrected chi connectivity index (χ4v) is 6.50. The maximum absolute atomic E-state index is 13.0. The summed E-state index contributed by atoms with van der Waals surface area (Å²) in [6, 6.07) is -0.986. The van der Waals surface area contributed by atoms with Gasteiger partial charge in [0.05, 0.1) is 0 Å². The highest BCUT2D eigenvalue weighted by Gasteiger charge is 2.54. The number of carboxylic acid groups (broad SMARTS) is 1. The Morgan fingerprint density at radius 1 is 1.41 bits per heavy atom. The molecule has 4 heterocycles. The molecule has 0 radical (unpaired) electrons. The second kappa shape index (κ2) is 11.4. The minimum absolute atomic E-state index is 0.109. The van der Waals surface area contributed by atoms with Gasteiger partial charge in [0.15, 0.2) is 10.8 Å². The van der Waals surface area contributed by atoms with Crippen molar-refractivity contribution in [2.75, 3.05) is 29.8 Å². The van der Waals surface area contributed by atoms with Crippen LogP contribution >= 0.6 is 46.5 Å². The van der Waals surface area contributed by atoms with Crippen LogP contribution in [0.25, 0.3) is 0 Å². The number of hydrogen-bond donors (Lipinski definition) is 3. The number of aryl methyl sites for hydroxylation is 1. The van der Waals surface area contributed by atoms with Crippen LogP contribution in [0.5, 0.6) is 0 Å². The zero-order chi connectivity index (χ0) is 26.7. The molecule has 196 valence electrons. The number of alkyl halides is 1. The summed E-state index contributed by atoms with van der Waals surface area (Å²) in [4.78, 5) is 59.6. The number of aromatic nitrogens is 5. The maximum Gasteiger partial charge on any atom is 0.352 e. The van der Waals surface area contributed by atoms with E-state index >= 15 is 0 Å². The van der Waals surface area contributed by atoms with E-state index in [1.54, 1.807) is 7.05 Å². The van der Waals surface area contributed by atoms with Crippen molar-refractivity contribution in [1.82, 2.24) is 35.4 Å². The van der Waals surface area contributed by atoms with E-state index < -0.39 is 35.1 Å². The molecule has 2 aromatic rings. The van der Waals surface area contributed by atoms with Gasteiger partial charge in [-0.2, -0.15) is 0 Å². The van der Waals surface area contributed by atoms with Gasteiger partial charge in [0.25, 0.3) is 11.8 Å². The summed E-state index contributed by atoms with van der Waals surface area (Å²) in [6.07, 6.45) is 0. The van der Waals surface area contributed by atoms with Gasteiger partial charge in [0.1, 0.15) is 35.8 Å². The van der Waals surface area contributed by atoms with Gasteiger partial charge in [0, 0.05) is 23.9 Å². The van der Waals surface area contributed by atoms with Gasteiger partial charge in [-0.15, -0.1) is 39.8 Å². The molecule has 2 atom stereocenters. The predicted octanol–water partition coefficient (Wildman–Crippen LogP) is -0.275. The first-order chi connectivity index (χ1) is 17.7. The Morgan fingerprint density at radius 3 is 2.84 bits per heavy atom. The van der Waals surface area contributed by atoms with Crippen molar-refractivity contribution in [3.63, 3.8) is 0 Å². The molecule has 1 fully saturated rings. The van der Waals surface area contributed by atoms with E-state index in [1.165, 1.54) is 45.6 Å². The molecule has 19 heteroatoms. The molecule has 0 aromatic carbocycles. The van der Waals surface area contributed by atoms with Crippen LogP contribution in [0.15, 0.2) is 27.0 Å². The monoisotopic (exact) mass is 587 g/mol. The van der Waals surface area contributed by atoms with Crippen molar-refractivity contribution >= 4 is 81.0 Å². The van der Waals surface area contributed by atoms with Gasteiger partial charge in [0.2, 0.25) is 11.1 Å². The number of hydrogen-bond acceptors (Lipinski definition) is 13. The van der Waals surface area contributed by atoms with Crippen molar-refractivity contribution in [1.29, 1.82) is 0 Å². The molecule has 15 nitrogen and oxygen atoms in total. The SMILES string of the molecule is CON=C(C(=O)N[C@@H]1C(=O)N2C(C(=O)O)=C(CSc3nnnn3C)CS[C@@H]12)c1csc(NC(=O)CCl)n1. The average Bonchev–Trinajstić information content (AvgIpc) is 3.51. The van der Waals surface area contributed by atoms with E-state index in [1.807, 2.05) is 0 Å². The normalized spacial score (nSPS) is 19.3. The lowest BCUT2D eigenvalue weighted by molar-refractivity contribution is -0.150. The zero-order valence-electron chi connectivity index (χ0n) is 19.1. The first-order valence-corrected chi connectivity index (χ1v) is 13.7. The van der Waals surface area contributed by atoms with Crippen molar-refractivity contribution in [2.45, 2.75) is 16.6 Å². The van der Waals surface area contributed by atoms with Crippen molar-refractivity contribution < 1.29 is 29.1 Å². The fourth-order valence-electron chi connectivity index (χ4n) is 3.39. The molecule has 0 aliphatic carbocycles. The van der Waals surface area contributed by atoms with Crippen LogP contribution in [0.1, 0.15) is 5.69 Å². The van der Waals surface area contributed by atoms with Gasteiger partial charge in [-0.05, 0) is 16.0 Å². The summed E-state index contributed by atoms with van der Waals surface area (Å²) in [5.41, 5.74) is 0.306. The van der Waals surface area contributed by atoms with Crippen LogP contribution in [0.2, 0.25) is 0 Å². The number of rotatable bonds is 10. The number of β-lactam (4-membered cyclic amide) rings is 1. The molecule has 3 N–H and O–H groups in total. The first-order valence-electron chi connectivity index (χ1n) is 10.2. The molecular weight excluding hydrogens is 570 g/mol. The molecule has 0 bridgehead atoms. The van der Waals surface area contributed by atoms with E-state index in [2.05, 4.69) is 36.3 Å². The lowest BCUT2D eigenvalue weighted by Gasteiger charge is -2.49. The fraction of sp³-hybridized carbons (Fsp3) is 0.389. The van der Waals surface area contributed by atoms with E-state index in [9.17, 15) is 24.3 Å². The topological polar surface area (TPSA) is 194 Å². The summed E-state index contributed by atoms with van der Waals surface area (Å²) in [5, 5.41) is 31.3. The number of thioether (sulfide) groups is 2. The number of fused-ring (bicyclic) bond motifs is 1. The van der Waals surface area contributed by atoms with Crippen molar-refractivity contribution in [3.05, 3.63) is 22.3 Å². The number of amides is 3. The molecule has 1 saturated heterocycles. The third-order valence-electron chi connectivity index (χ3n) is 5.01. The third-order valence-corrected chi connectivity index (χ3v) is 8.44.